The van der Waals surface area contributed by atoms with Crippen LogP contribution >= 0.6 is 45.8 Å². The molecule has 8 heteroatoms. The van der Waals surface area contributed by atoms with Crippen molar-refractivity contribution in [1.29, 1.82) is 0 Å². The summed E-state index contributed by atoms with van der Waals surface area (Å²) in [5.41, 5.74) is 1.17. The second-order valence-corrected chi connectivity index (χ2v) is 17.9. The lowest BCUT2D eigenvalue weighted by atomic mass is 9.95. The van der Waals surface area contributed by atoms with Gasteiger partial charge in [-0.05, 0) is 96.9 Å². The Morgan fingerprint density at radius 2 is 1.47 bits per heavy atom. The third-order valence-electron chi connectivity index (χ3n) is 6.10. The van der Waals surface area contributed by atoms with Gasteiger partial charge in [0.2, 0.25) is 0 Å². The second-order valence-electron chi connectivity index (χ2n) is 11.1. The Labute approximate surface area is 229 Å². The van der Waals surface area contributed by atoms with Crippen molar-refractivity contribution in [3.05, 3.63) is 67.2 Å². The molecule has 188 valence electrons. The summed E-state index contributed by atoms with van der Waals surface area (Å²) in [4.78, 5) is 14.9. The van der Waals surface area contributed by atoms with E-state index < -0.39 is 32.2 Å². The zero-order chi connectivity index (χ0) is 26.1. The number of rotatable bonds is 6. The van der Waals surface area contributed by atoms with Crippen LogP contribution in [0.25, 0.3) is 0 Å². The Bertz CT molecular complexity index is 1000. The summed E-state index contributed by atoms with van der Waals surface area (Å²) < 4.78 is 13.9. The maximum Gasteiger partial charge on any atom is 0.410 e. The fraction of sp³-hybridized carbons (Fsp3) is 0.500. The molecule has 34 heavy (non-hydrogen) atoms. The first kappa shape index (κ1) is 29.4. The summed E-state index contributed by atoms with van der Waals surface area (Å²) in [6, 6.07) is 13.2. The highest BCUT2D eigenvalue weighted by atomic mass is 127. The molecule has 0 heterocycles. The van der Waals surface area contributed by atoms with Gasteiger partial charge in [0.25, 0.3) is 0 Å². The minimum absolute atomic E-state index is 0.0267. The monoisotopic (exact) mass is 635 g/mol. The van der Waals surface area contributed by atoms with E-state index in [-0.39, 0.29) is 5.04 Å². The summed E-state index contributed by atoms with van der Waals surface area (Å²) in [5, 5.41) is 0.858. The van der Waals surface area contributed by atoms with Gasteiger partial charge in [-0.2, -0.15) is 0 Å². The lowest BCUT2D eigenvalue weighted by Crippen LogP contribution is -2.46. The SMILES string of the molecule is CN(C(=O)OC(C)(C)C)C(c1ccc(Cl)c(Cl)c1)C(O[Si](C)(C)C(C)(C)C)c1ccc(I)cc1. The second kappa shape index (κ2) is 11.1. The van der Waals surface area contributed by atoms with E-state index in [0.29, 0.717) is 10.0 Å². The Balaban J connectivity index is 2.71. The lowest BCUT2D eigenvalue weighted by Gasteiger charge is -2.44. The number of carbonyl (C=O) groups is 1. The van der Waals surface area contributed by atoms with Crippen molar-refractivity contribution in [2.24, 2.45) is 0 Å². The number of amides is 1. The van der Waals surface area contributed by atoms with E-state index >= 15 is 0 Å². The van der Waals surface area contributed by atoms with Crippen LogP contribution in [0.1, 0.15) is 64.8 Å². The van der Waals surface area contributed by atoms with Gasteiger partial charge < -0.3 is 14.1 Å². The normalized spacial score (nSPS) is 14.5. The fourth-order valence-corrected chi connectivity index (χ4v) is 5.13. The van der Waals surface area contributed by atoms with E-state index in [2.05, 4.69) is 80.7 Å². The molecule has 0 saturated heterocycles. The van der Waals surface area contributed by atoms with Crippen molar-refractivity contribution >= 4 is 60.2 Å². The van der Waals surface area contributed by atoms with Gasteiger partial charge in [-0.3, -0.25) is 0 Å². The lowest BCUT2D eigenvalue weighted by molar-refractivity contribution is 0.00330. The van der Waals surface area contributed by atoms with E-state index in [1.165, 1.54) is 0 Å². The van der Waals surface area contributed by atoms with Crippen LogP contribution in [0.5, 0.6) is 0 Å². The molecule has 2 atom stereocenters. The number of benzene rings is 2. The molecule has 2 aromatic rings. The molecule has 0 spiro atoms. The van der Waals surface area contributed by atoms with Crippen molar-refractivity contribution in [1.82, 2.24) is 4.90 Å². The summed E-state index contributed by atoms with van der Waals surface area (Å²) >= 11 is 14.9. The number of carbonyl (C=O) groups excluding carboxylic acids is 1. The molecule has 0 radical (unpaired) electrons. The number of halogens is 3. The first-order chi connectivity index (χ1) is 15.4. The van der Waals surface area contributed by atoms with Crippen molar-refractivity contribution in [2.75, 3.05) is 7.05 Å². The van der Waals surface area contributed by atoms with E-state index in [1.807, 2.05) is 32.9 Å². The van der Waals surface area contributed by atoms with Crippen molar-refractivity contribution < 1.29 is 14.0 Å². The smallest absolute Gasteiger partial charge is 0.410 e. The van der Waals surface area contributed by atoms with Crippen LogP contribution in [0.4, 0.5) is 4.79 Å². The fourth-order valence-electron chi connectivity index (χ4n) is 3.21. The van der Waals surface area contributed by atoms with E-state index in [1.54, 1.807) is 18.0 Å². The topological polar surface area (TPSA) is 38.8 Å². The molecule has 0 aliphatic heterocycles. The quantitative estimate of drug-likeness (QED) is 0.235. The molecular formula is C26H36Cl2INO3Si. The molecular weight excluding hydrogens is 600 g/mol. The van der Waals surface area contributed by atoms with Crippen LogP contribution < -0.4 is 0 Å². The number of hydrogen-bond acceptors (Lipinski definition) is 3. The largest absolute Gasteiger partial charge is 0.444 e. The van der Waals surface area contributed by atoms with Gasteiger partial charge in [0.05, 0.1) is 22.2 Å². The predicted octanol–water partition coefficient (Wildman–Crippen LogP) is 9.27. The number of ether oxygens (including phenoxy) is 1. The Kier molecular flexibility index (Phi) is 9.58. The van der Waals surface area contributed by atoms with Crippen LogP contribution in [-0.2, 0) is 9.16 Å². The highest BCUT2D eigenvalue weighted by Crippen LogP contribution is 2.45. The van der Waals surface area contributed by atoms with Gasteiger partial charge in [0.1, 0.15) is 5.60 Å². The molecule has 2 aromatic carbocycles. The van der Waals surface area contributed by atoms with Gasteiger partial charge in [0.15, 0.2) is 8.32 Å². The first-order valence-electron chi connectivity index (χ1n) is 11.3. The molecule has 0 bridgehead atoms. The van der Waals surface area contributed by atoms with Crippen LogP contribution in [0.15, 0.2) is 42.5 Å². The molecule has 2 rings (SSSR count). The summed E-state index contributed by atoms with van der Waals surface area (Å²) in [6.07, 6.45) is -0.870. The summed E-state index contributed by atoms with van der Waals surface area (Å²) in [5.74, 6) is 0. The van der Waals surface area contributed by atoms with E-state index in [4.69, 9.17) is 32.4 Å². The molecule has 0 N–H and O–H groups in total. The highest BCUT2D eigenvalue weighted by molar-refractivity contribution is 14.1. The molecule has 2 unspecified atom stereocenters. The van der Waals surface area contributed by atoms with Gasteiger partial charge in [0, 0.05) is 10.6 Å². The number of nitrogens with zero attached hydrogens (tertiary/aromatic N) is 1. The third-order valence-corrected chi connectivity index (χ3v) is 12.0. The van der Waals surface area contributed by atoms with Crippen LogP contribution in [0.2, 0.25) is 28.2 Å². The molecule has 0 aromatic heterocycles. The summed E-state index contributed by atoms with van der Waals surface area (Å²) in [6.45, 7) is 16.6. The zero-order valence-electron chi connectivity index (χ0n) is 21.5. The zero-order valence-corrected chi connectivity index (χ0v) is 26.2. The average Bonchev–Trinajstić information content (AvgIpc) is 2.68. The van der Waals surface area contributed by atoms with Gasteiger partial charge >= 0.3 is 6.09 Å². The number of likely N-dealkylation sites (N-methyl/N-ethyl adjacent to an activating group) is 1. The van der Waals surface area contributed by atoms with Crippen molar-refractivity contribution in [3.8, 4) is 0 Å². The van der Waals surface area contributed by atoms with Crippen LogP contribution in [0.3, 0.4) is 0 Å². The van der Waals surface area contributed by atoms with E-state index in [9.17, 15) is 4.79 Å². The first-order valence-corrected chi connectivity index (χ1v) is 16.0. The molecule has 0 aliphatic rings. The minimum Gasteiger partial charge on any atom is -0.444 e. The maximum absolute atomic E-state index is 13.3. The highest BCUT2D eigenvalue weighted by Gasteiger charge is 2.43. The average molecular weight is 636 g/mol. The standard InChI is InChI=1S/C26H36Cl2INO3Si/c1-25(2,3)32-24(31)30(7)22(18-12-15-20(27)21(28)16-18)23(17-10-13-19(29)14-11-17)33-34(8,9)26(4,5)6/h10-16,22-23H,1-9H3. The molecule has 4 nitrogen and oxygen atoms in total. The molecule has 1 amide bonds. The minimum atomic E-state index is -2.25. The molecule has 0 aliphatic carbocycles. The van der Waals surface area contributed by atoms with Crippen molar-refractivity contribution in [3.63, 3.8) is 0 Å². The van der Waals surface area contributed by atoms with Gasteiger partial charge in [-0.15, -0.1) is 0 Å². The van der Waals surface area contributed by atoms with Gasteiger partial charge in [-0.25, -0.2) is 4.79 Å². The summed E-state index contributed by atoms with van der Waals surface area (Å²) in [7, 11) is -0.506. The molecule has 0 saturated carbocycles. The Morgan fingerprint density at radius 3 is 1.94 bits per heavy atom. The maximum atomic E-state index is 13.3. The number of hydrogen-bond donors (Lipinski definition) is 0. The van der Waals surface area contributed by atoms with Gasteiger partial charge in [-0.1, -0.05) is 62.2 Å². The Morgan fingerprint density at radius 1 is 0.941 bits per heavy atom. The van der Waals surface area contributed by atoms with Crippen LogP contribution in [0, 0.1) is 3.57 Å². The van der Waals surface area contributed by atoms with Crippen LogP contribution in [-0.4, -0.2) is 32.0 Å². The third kappa shape index (κ3) is 7.60. The van der Waals surface area contributed by atoms with Crippen molar-refractivity contribution in [2.45, 2.75) is 77.4 Å². The predicted molar refractivity (Wildman–Crippen MR) is 153 cm³/mol. The molecule has 0 fully saturated rings. The van der Waals surface area contributed by atoms with E-state index in [0.717, 1.165) is 14.7 Å². The Hall–Kier alpha value is -0.803.